The first-order valence-corrected chi connectivity index (χ1v) is 11.3. The third kappa shape index (κ3) is 4.87. The number of likely N-dealkylation sites (N-methyl/N-ethyl adjacent to an activating group) is 1. The number of nitrogens with zero attached hydrogens (tertiary/aromatic N) is 2. The summed E-state index contributed by atoms with van der Waals surface area (Å²) in [5.41, 5.74) is 1.11. The molecule has 1 heterocycles. The lowest BCUT2D eigenvalue weighted by molar-refractivity contribution is -0.140. The molecule has 2 aromatic carbocycles. The van der Waals surface area contributed by atoms with Gasteiger partial charge in [-0.15, -0.1) is 0 Å². The van der Waals surface area contributed by atoms with Crippen molar-refractivity contribution >= 4 is 17.4 Å². The van der Waals surface area contributed by atoms with Gasteiger partial charge in [-0.1, -0.05) is 26.0 Å². The molecule has 1 aliphatic heterocycles. The van der Waals surface area contributed by atoms with Gasteiger partial charge in [0.2, 0.25) is 0 Å². The van der Waals surface area contributed by atoms with Crippen molar-refractivity contribution in [3.8, 4) is 17.2 Å². The molecule has 1 atom stereocenters. The van der Waals surface area contributed by atoms with E-state index in [9.17, 15) is 14.7 Å². The number of carbonyl (C=O) groups is 2. The summed E-state index contributed by atoms with van der Waals surface area (Å²) in [5, 5.41) is 11.3. The number of aliphatic hydroxyl groups excluding tert-OH is 1. The van der Waals surface area contributed by atoms with Crippen LogP contribution in [0.3, 0.4) is 0 Å². The SMILES string of the molecule is CCN(CC)CCN1C(=O)C(=O)C(=C(O)c2ccc(OC)c(OC)c2)[C@@H]1c1ccc(OC)cc1. The molecule has 182 valence electrons. The first-order valence-electron chi connectivity index (χ1n) is 11.3. The fourth-order valence-corrected chi connectivity index (χ4v) is 4.17. The van der Waals surface area contributed by atoms with E-state index in [0.29, 0.717) is 41.5 Å². The number of rotatable bonds is 10. The second-order valence-electron chi connectivity index (χ2n) is 7.86. The Bertz CT molecular complexity index is 1060. The molecule has 0 aliphatic carbocycles. The van der Waals surface area contributed by atoms with Crippen LogP contribution in [0.2, 0.25) is 0 Å². The van der Waals surface area contributed by atoms with E-state index in [4.69, 9.17) is 14.2 Å². The van der Waals surface area contributed by atoms with E-state index in [0.717, 1.165) is 13.1 Å². The number of amides is 1. The molecule has 3 rings (SSSR count). The third-order valence-electron chi connectivity index (χ3n) is 6.18. The summed E-state index contributed by atoms with van der Waals surface area (Å²) in [6.45, 7) is 6.73. The summed E-state index contributed by atoms with van der Waals surface area (Å²) in [4.78, 5) is 30.0. The van der Waals surface area contributed by atoms with Gasteiger partial charge in [-0.2, -0.15) is 0 Å². The molecule has 8 nitrogen and oxygen atoms in total. The monoisotopic (exact) mass is 468 g/mol. The van der Waals surface area contributed by atoms with E-state index in [1.807, 2.05) is 12.1 Å². The Morgan fingerprint density at radius 3 is 2.15 bits per heavy atom. The van der Waals surface area contributed by atoms with Crippen LogP contribution in [0.15, 0.2) is 48.0 Å². The average Bonchev–Trinajstić information content (AvgIpc) is 3.13. The predicted molar refractivity (Wildman–Crippen MR) is 129 cm³/mol. The molecule has 8 heteroatoms. The van der Waals surface area contributed by atoms with Crippen LogP contribution in [0.5, 0.6) is 17.2 Å². The molecule has 0 unspecified atom stereocenters. The number of benzene rings is 2. The minimum atomic E-state index is -0.727. The molecule has 1 amide bonds. The summed E-state index contributed by atoms with van der Waals surface area (Å²) < 4.78 is 15.9. The molecular weight excluding hydrogens is 436 g/mol. The van der Waals surface area contributed by atoms with Crippen LogP contribution in [0, 0.1) is 0 Å². The van der Waals surface area contributed by atoms with Crippen molar-refractivity contribution in [3.63, 3.8) is 0 Å². The lowest BCUT2D eigenvalue weighted by Crippen LogP contribution is -2.38. The van der Waals surface area contributed by atoms with E-state index in [2.05, 4.69) is 18.7 Å². The molecule has 1 fully saturated rings. The molecule has 34 heavy (non-hydrogen) atoms. The van der Waals surface area contributed by atoms with Crippen molar-refractivity contribution in [2.45, 2.75) is 19.9 Å². The van der Waals surface area contributed by atoms with Crippen LogP contribution in [0.4, 0.5) is 0 Å². The number of ether oxygens (including phenoxy) is 3. The van der Waals surface area contributed by atoms with Crippen LogP contribution in [0.1, 0.15) is 31.0 Å². The van der Waals surface area contributed by atoms with Crippen LogP contribution in [-0.4, -0.2) is 74.1 Å². The average molecular weight is 469 g/mol. The molecule has 0 bridgehead atoms. The van der Waals surface area contributed by atoms with Crippen molar-refractivity contribution in [1.29, 1.82) is 0 Å². The molecule has 1 saturated heterocycles. The van der Waals surface area contributed by atoms with Crippen molar-refractivity contribution < 1.29 is 28.9 Å². The largest absolute Gasteiger partial charge is 0.507 e. The van der Waals surface area contributed by atoms with E-state index in [-0.39, 0.29) is 11.3 Å². The Morgan fingerprint density at radius 1 is 0.941 bits per heavy atom. The Balaban J connectivity index is 2.12. The number of hydrogen-bond donors (Lipinski definition) is 1. The van der Waals surface area contributed by atoms with Gasteiger partial charge in [0.25, 0.3) is 11.7 Å². The Kier molecular flexibility index (Phi) is 8.17. The van der Waals surface area contributed by atoms with Crippen LogP contribution in [-0.2, 0) is 9.59 Å². The number of likely N-dealkylation sites (tertiary alicyclic amines) is 1. The first kappa shape index (κ1) is 25.1. The molecule has 0 saturated carbocycles. The highest BCUT2D eigenvalue weighted by atomic mass is 16.5. The normalized spacial score (nSPS) is 17.4. The summed E-state index contributed by atoms with van der Waals surface area (Å²) in [6, 6.07) is 11.3. The number of ketones is 1. The first-order chi connectivity index (χ1) is 16.4. The molecule has 0 radical (unpaired) electrons. The minimum absolute atomic E-state index is 0.0435. The molecule has 0 aromatic heterocycles. The zero-order valence-electron chi connectivity index (χ0n) is 20.3. The highest BCUT2D eigenvalue weighted by molar-refractivity contribution is 6.46. The third-order valence-corrected chi connectivity index (χ3v) is 6.18. The van der Waals surface area contributed by atoms with Gasteiger partial charge in [0.15, 0.2) is 11.5 Å². The molecule has 1 aliphatic rings. The smallest absolute Gasteiger partial charge is 0.295 e. The molecule has 1 N–H and O–H groups in total. The lowest BCUT2D eigenvalue weighted by atomic mass is 9.95. The fourth-order valence-electron chi connectivity index (χ4n) is 4.17. The highest BCUT2D eigenvalue weighted by Crippen LogP contribution is 2.40. The number of aliphatic hydroxyl groups is 1. The Morgan fingerprint density at radius 2 is 1.59 bits per heavy atom. The predicted octanol–water partition coefficient (Wildman–Crippen LogP) is 3.48. The van der Waals surface area contributed by atoms with Gasteiger partial charge in [-0.25, -0.2) is 0 Å². The topological polar surface area (TPSA) is 88.5 Å². The van der Waals surface area contributed by atoms with Gasteiger partial charge >= 0.3 is 0 Å². The van der Waals surface area contributed by atoms with Crippen molar-refractivity contribution in [1.82, 2.24) is 9.80 Å². The second-order valence-corrected chi connectivity index (χ2v) is 7.86. The van der Waals surface area contributed by atoms with Crippen molar-refractivity contribution in [2.75, 3.05) is 47.5 Å². The van der Waals surface area contributed by atoms with Gasteiger partial charge in [-0.05, 0) is 49.0 Å². The zero-order valence-corrected chi connectivity index (χ0v) is 20.3. The number of hydrogen-bond acceptors (Lipinski definition) is 7. The van der Waals surface area contributed by atoms with E-state index in [1.54, 1.807) is 37.4 Å². The standard InChI is InChI=1S/C26H32N2O6/c1-6-27(7-2)14-15-28-23(17-8-11-19(32-3)12-9-17)22(25(30)26(28)31)24(29)18-10-13-20(33-4)21(16-18)34-5/h8-13,16,23,29H,6-7,14-15H2,1-5H3/t23-/m0/s1. The Labute approximate surface area is 200 Å². The van der Waals surface area contributed by atoms with E-state index < -0.39 is 17.7 Å². The Hall–Kier alpha value is -3.52. The van der Waals surface area contributed by atoms with Crippen LogP contribution >= 0.6 is 0 Å². The van der Waals surface area contributed by atoms with Gasteiger partial charge < -0.3 is 29.1 Å². The fraction of sp³-hybridized carbons (Fsp3) is 0.385. The quantitative estimate of drug-likeness (QED) is 0.324. The van der Waals surface area contributed by atoms with E-state index in [1.165, 1.54) is 19.1 Å². The summed E-state index contributed by atoms with van der Waals surface area (Å²) in [5.74, 6) is -0.0504. The molecule has 2 aromatic rings. The maximum absolute atomic E-state index is 13.2. The van der Waals surface area contributed by atoms with Crippen LogP contribution in [0.25, 0.3) is 5.76 Å². The highest BCUT2D eigenvalue weighted by Gasteiger charge is 2.46. The minimum Gasteiger partial charge on any atom is -0.507 e. The number of methoxy groups -OCH3 is 3. The van der Waals surface area contributed by atoms with Gasteiger partial charge in [0, 0.05) is 18.7 Å². The van der Waals surface area contributed by atoms with Gasteiger partial charge in [0.05, 0.1) is 32.9 Å². The van der Waals surface area contributed by atoms with Gasteiger partial charge in [-0.3, -0.25) is 9.59 Å². The van der Waals surface area contributed by atoms with E-state index >= 15 is 0 Å². The molecule has 0 spiro atoms. The zero-order chi connectivity index (χ0) is 24.8. The maximum Gasteiger partial charge on any atom is 0.295 e. The second kappa shape index (κ2) is 11.1. The molecular formula is C26H32N2O6. The summed E-state index contributed by atoms with van der Waals surface area (Å²) in [7, 11) is 4.58. The number of carbonyl (C=O) groups excluding carboxylic acids is 2. The summed E-state index contributed by atoms with van der Waals surface area (Å²) >= 11 is 0. The maximum atomic E-state index is 13.2. The van der Waals surface area contributed by atoms with Gasteiger partial charge in [0.1, 0.15) is 11.5 Å². The van der Waals surface area contributed by atoms with Crippen molar-refractivity contribution in [2.24, 2.45) is 0 Å². The van der Waals surface area contributed by atoms with Crippen molar-refractivity contribution in [3.05, 3.63) is 59.2 Å². The number of Topliss-reactive ketones (excluding diaryl/α,β-unsaturated/α-hetero) is 1. The van der Waals surface area contributed by atoms with Crippen LogP contribution < -0.4 is 14.2 Å². The summed E-state index contributed by atoms with van der Waals surface area (Å²) in [6.07, 6.45) is 0. The lowest BCUT2D eigenvalue weighted by Gasteiger charge is -2.28.